The quantitative estimate of drug-likeness (QED) is 0.455. The number of rotatable bonds is 2. The predicted octanol–water partition coefficient (Wildman–Crippen LogP) is -1.98. The lowest BCUT2D eigenvalue weighted by Gasteiger charge is -2.21. The van der Waals surface area contributed by atoms with Gasteiger partial charge in [0.15, 0.2) is 0 Å². The van der Waals surface area contributed by atoms with E-state index in [1.54, 1.807) is 17.1 Å². The van der Waals surface area contributed by atoms with Crippen LogP contribution in [0.4, 0.5) is 4.79 Å². The molecule has 1 heterocycles. The highest BCUT2D eigenvalue weighted by Crippen LogP contribution is 2.34. The Morgan fingerprint density at radius 1 is 1.56 bits per heavy atom. The van der Waals surface area contributed by atoms with Crippen molar-refractivity contribution in [3.63, 3.8) is 0 Å². The van der Waals surface area contributed by atoms with Gasteiger partial charge in [0.25, 0.3) is 6.33 Å². The van der Waals surface area contributed by atoms with Gasteiger partial charge < -0.3 is 28.9 Å². The van der Waals surface area contributed by atoms with Gasteiger partial charge in [-0.25, -0.2) is 9.36 Å². The summed E-state index contributed by atoms with van der Waals surface area (Å²) < 4.78 is 3.49. The molecule has 1 aromatic heterocycles. The van der Waals surface area contributed by atoms with Gasteiger partial charge in [-0.1, -0.05) is 0 Å². The van der Waals surface area contributed by atoms with Crippen molar-refractivity contribution in [2.45, 2.75) is 25.8 Å². The van der Waals surface area contributed by atoms with E-state index >= 15 is 0 Å². The van der Waals surface area contributed by atoms with Gasteiger partial charge in [-0.05, 0) is 25.7 Å². The molecule has 16 heavy (non-hydrogen) atoms. The molecule has 1 aromatic rings. The molecule has 1 saturated carbocycles. The third kappa shape index (κ3) is 2.75. The van der Waals surface area contributed by atoms with Crippen LogP contribution in [0.15, 0.2) is 18.7 Å². The molecule has 0 aliphatic heterocycles. The maximum atomic E-state index is 12.0. The predicted molar refractivity (Wildman–Crippen MR) is 56.4 cm³/mol. The molecule has 1 fully saturated rings. The summed E-state index contributed by atoms with van der Waals surface area (Å²) in [4.78, 5) is 13.8. The molecule has 90 valence electrons. The molecule has 0 bridgehead atoms. The van der Waals surface area contributed by atoms with Crippen molar-refractivity contribution in [2.24, 2.45) is 13.0 Å². The average molecular weight is 335 g/mol. The van der Waals surface area contributed by atoms with Crippen LogP contribution in [0.25, 0.3) is 0 Å². The van der Waals surface area contributed by atoms with Crippen molar-refractivity contribution >= 4 is 6.03 Å². The average Bonchev–Trinajstić information content (AvgIpc) is 2.98. The van der Waals surface area contributed by atoms with Crippen LogP contribution in [0, 0.1) is 5.92 Å². The van der Waals surface area contributed by atoms with Gasteiger partial charge in [-0.2, -0.15) is 4.57 Å². The van der Waals surface area contributed by atoms with E-state index in [0.717, 1.165) is 0 Å². The highest BCUT2D eigenvalue weighted by molar-refractivity contribution is 5.76. The number of carbonyl (C=O) groups excluding carboxylic acids is 1. The van der Waals surface area contributed by atoms with Crippen molar-refractivity contribution in [3.8, 4) is 0 Å². The molecule has 1 unspecified atom stereocenters. The number of nitrogens with zero attached hydrogens (tertiary/aromatic N) is 3. The fourth-order valence-corrected chi connectivity index (χ4v) is 1.81. The van der Waals surface area contributed by atoms with Crippen molar-refractivity contribution < 1.29 is 33.3 Å². The second-order valence-electron chi connectivity index (χ2n) is 4.46. The van der Waals surface area contributed by atoms with Crippen molar-refractivity contribution in [1.82, 2.24) is 9.47 Å². The maximum absolute atomic E-state index is 12.0. The van der Waals surface area contributed by atoms with Gasteiger partial charge in [0.1, 0.15) is 12.4 Å². The Morgan fingerprint density at radius 2 is 2.19 bits per heavy atom. The first-order chi connectivity index (χ1) is 7.09. The summed E-state index contributed by atoms with van der Waals surface area (Å²) in [6, 6.07) is 0.403. The van der Waals surface area contributed by atoms with Crippen LogP contribution in [-0.2, 0) is 7.05 Å². The normalized spacial score (nSPS) is 16.4. The van der Waals surface area contributed by atoms with E-state index in [4.69, 9.17) is 0 Å². The standard InChI is InChI=1S/C11H18N3O.HI/c1-9(10-4-5-10)13(3)11(15)14-7-6-12(2)8-14;/h6-10H,4-5H2,1-3H3;1H/q+1;/p-1. The number of hydrogen-bond donors (Lipinski definition) is 0. The zero-order chi connectivity index (χ0) is 11.0. The Kier molecular flexibility index (Phi) is 4.35. The molecule has 0 aromatic carbocycles. The number of aromatic nitrogens is 2. The molecule has 0 spiro atoms. The van der Waals surface area contributed by atoms with Gasteiger partial charge in [0.05, 0.1) is 7.05 Å². The summed E-state index contributed by atoms with van der Waals surface area (Å²) in [7, 11) is 3.79. The van der Waals surface area contributed by atoms with Crippen molar-refractivity contribution in [2.75, 3.05) is 7.05 Å². The smallest absolute Gasteiger partial charge is 0.415 e. The van der Waals surface area contributed by atoms with E-state index in [-0.39, 0.29) is 30.0 Å². The molecule has 2 rings (SSSR count). The fraction of sp³-hybridized carbons (Fsp3) is 0.636. The van der Waals surface area contributed by atoms with Crippen LogP contribution in [0.1, 0.15) is 19.8 Å². The summed E-state index contributed by atoms with van der Waals surface area (Å²) in [5.41, 5.74) is 0. The summed E-state index contributed by atoms with van der Waals surface area (Å²) in [6.45, 7) is 2.12. The minimum atomic E-state index is 0. The minimum absolute atomic E-state index is 0. The number of halogens is 1. The molecule has 0 radical (unpaired) electrons. The first-order valence-corrected chi connectivity index (χ1v) is 5.40. The lowest BCUT2D eigenvalue weighted by molar-refractivity contribution is -0.670. The van der Waals surface area contributed by atoms with E-state index in [1.807, 2.05) is 29.8 Å². The molecule has 5 heteroatoms. The number of carbonyl (C=O) groups is 1. The lowest BCUT2D eigenvalue weighted by atomic mass is 10.2. The topological polar surface area (TPSA) is 29.1 Å². The number of aryl methyl sites for hydroxylation is 1. The number of hydrogen-bond acceptors (Lipinski definition) is 1. The molecule has 0 saturated heterocycles. The lowest BCUT2D eigenvalue weighted by Crippen LogP contribution is -3.00. The van der Waals surface area contributed by atoms with Gasteiger partial charge in [0, 0.05) is 13.1 Å². The van der Waals surface area contributed by atoms with Crippen LogP contribution in [0.5, 0.6) is 0 Å². The molecular formula is C11H18IN3O. The Bertz CT molecular complexity index is 373. The Morgan fingerprint density at radius 3 is 2.62 bits per heavy atom. The number of amides is 1. The van der Waals surface area contributed by atoms with Gasteiger partial charge >= 0.3 is 6.03 Å². The van der Waals surface area contributed by atoms with Crippen molar-refractivity contribution in [1.29, 1.82) is 0 Å². The Balaban J connectivity index is 0.00000128. The third-order valence-electron chi connectivity index (χ3n) is 3.21. The molecule has 1 atom stereocenters. The Hall–Kier alpha value is -0.590. The van der Waals surface area contributed by atoms with Crippen LogP contribution in [0.2, 0.25) is 0 Å². The third-order valence-corrected chi connectivity index (χ3v) is 3.21. The molecule has 1 aliphatic carbocycles. The summed E-state index contributed by atoms with van der Waals surface area (Å²) in [5, 5.41) is 0. The van der Waals surface area contributed by atoms with Crippen LogP contribution in [0.3, 0.4) is 0 Å². The molecule has 4 nitrogen and oxygen atoms in total. The van der Waals surface area contributed by atoms with Crippen molar-refractivity contribution in [3.05, 3.63) is 18.7 Å². The van der Waals surface area contributed by atoms with Crippen LogP contribution >= 0.6 is 0 Å². The molecule has 0 N–H and O–H groups in total. The fourth-order valence-electron chi connectivity index (χ4n) is 1.81. The van der Waals surface area contributed by atoms with E-state index in [0.29, 0.717) is 12.0 Å². The number of imidazole rings is 1. The highest BCUT2D eigenvalue weighted by Gasteiger charge is 2.34. The van der Waals surface area contributed by atoms with Gasteiger partial charge in [0.2, 0.25) is 0 Å². The largest absolute Gasteiger partial charge is 1.00 e. The van der Waals surface area contributed by atoms with Crippen LogP contribution < -0.4 is 28.5 Å². The maximum Gasteiger partial charge on any atom is 0.415 e. The first kappa shape index (κ1) is 13.5. The highest BCUT2D eigenvalue weighted by atomic mass is 127. The monoisotopic (exact) mass is 335 g/mol. The second-order valence-corrected chi connectivity index (χ2v) is 4.46. The Labute approximate surface area is 113 Å². The summed E-state index contributed by atoms with van der Waals surface area (Å²) in [6.07, 6.45) is 7.97. The zero-order valence-electron chi connectivity index (χ0n) is 9.93. The minimum Gasteiger partial charge on any atom is -1.00 e. The van der Waals surface area contributed by atoms with E-state index in [9.17, 15) is 4.79 Å². The zero-order valence-corrected chi connectivity index (χ0v) is 12.1. The van der Waals surface area contributed by atoms with E-state index < -0.39 is 0 Å². The summed E-state index contributed by atoms with van der Waals surface area (Å²) in [5.74, 6) is 0.711. The first-order valence-electron chi connectivity index (χ1n) is 5.40. The summed E-state index contributed by atoms with van der Waals surface area (Å²) >= 11 is 0. The van der Waals surface area contributed by atoms with Crippen LogP contribution in [-0.4, -0.2) is 28.6 Å². The molecular weight excluding hydrogens is 317 g/mol. The molecule has 1 amide bonds. The molecule has 1 aliphatic rings. The second kappa shape index (κ2) is 5.16. The van der Waals surface area contributed by atoms with E-state index in [2.05, 4.69) is 6.92 Å². The van der Waals surface area contributed by atoms with Gasteiger partial charge in [-0.15, -0.1) is 0 Å². The van der Waals surface area contributed by atoms with E-state index in [1.165, 1.54) is 12.8 Å². The van der Waals surface area contributed by atoms with Gasteiger partial charge in [-0.3, -0.25) is 0 Å². The SMILES string of the molecule is CC(C1CC1)N(C)C(=O)n1cc[n+](C)c1.[I-].